The summed E-state index contributed by atoms with van der Waals surface area (Å²) in [5.74, 6) is 0.556. The van der Waals surface area contributed by atoms with Gasteiger partial charge in [-0.25, -0.2) is 4.98 Å². The Hall–Kier alpha value is -2.14. The smallest absolute Gasteiger partial charge is 0.224 e. The molecule has 1 aromatic heterocycles. The van der Waals surface area contributed by atoms with Gasteiger partial charge in [-0.2, -0.15) is 0 Å². The van der Waals surface area contributed by atoms with E-state index < -0.39 is 0 Å². The molecule has 0 radical (unpaired) electrons. The number of fused-ring (bicyclic) bond motifs is 1. The van der Waals surface area contributed by atoms with Crippen LogP contribution in [-0.4, -0.2) is 36.6 Å². The number of aliphatic hydroxyl groups is 1. The van der Waals surface area contributed by atoms with Gasteiger partial charge >= 0.3 is 0 Å². The zero-order valence-electron chi connectivity index (χ0n) is 12.6. The molecule has 0 spiro atoms. The maximum absolute atomic E-state index is 11.6. The molecule has 1 atom stereocenters. The number of carbonyl (C=O) groups excluding carboxylic acids is 1. The van der Waals surface area contributed by atoms with Crippen LogP contribution >= 0.6 is 0 Å². The number of aliphatic hydroxyl groups excluding tert-OH is 1. The summed E-state index contributed by atoms with van der Waals surface area (Å²) in [6.45, 7) is 2.33. The number of nitrogens with one attached hydrogen (secondary N) is 1. The number of nitrogens with zero attached hydrogens (tertiary/aromatic N) is 2. The number of anilines is 1. The Kier molecular flexibility index (Phi) is 4.75. The Bertz CT molecular complexity index is 642. The van der Waals surface area contributed by atoms with Crippen LogP contribution in [0.3, 0.4) is 0 Å². The summed E-state index contributed by atoms with van der Waals surface area (Å²) in [6.07, 6.45) is 0. The summed E-state index contributed by atoms with van der Waals surface area (Å²) in [5.41, 5.74) is 1.64. The third kappa shape index (κ3) is 3.31. The number of carbonyl (C=O) groups is 1. The van der Waals surface area contributed by atoms with Gasteiger partial charge in [0.15, 0.2) is 0 Å². The lowest BCUT2D eigenvalue weighted by atomic mass is 10.1. The molecule has 0 aliphatic heterocycles. The number of pyridine rings is 1. The minimum absolute atomic E-state index is 0.00631. The second-order valence-electron chi connectivity index (χ2n) is 5.22. The van der Waals surface area contributed by atoms with Gasteiger partial charge in [0.25, 0.3) is 0 Å². The van der Waals surface area contributed by atoms with Crippen LogP contribution in [0.4, 0.5) is 5.82 Å². The molecule has 0 fully saturated rings. The van der Waals surface area contributed by atoms with E-state index >= 15 is 0 Å². The predicted octanol–water partition coefficient (Wildman–Crippen LogP) is 1.55. The number of para-hydroxylation sites is 1. The second-order valence-corrected chi connectivity index (χ2v) is 5.22. The molecule has 5 heteroatoms. The molecule has 1 aromatic carbocycles. The van der Waals surface area contributed by atoms with Crippen molar-refractivity contribution in [1.29, 1.82) is 0 Å². The molecule has 2 rings (SSSR count). The summed E-state index contributed by atoms with van der Waals surface area (Å²) in [4.78, 5) is 18.2. The van der Waals surface area contributed by atoms with E-state index in [-0.39, 0.29) is 18.4 Å². The minimum Gasteiger partial charge on any atom is -0.392 e. The molecule has 2 aromatic rings. The molecule has 21 heavy (non-hydrogen) atoms. The van der Waals surface area contributed by atoms with Crippen molar-refractivity contribution < 1.29 is 9.90 Å². The molecule has 1 heterocycles. The van der Waals surface area contributed by atoms with Crippen LogP contribution in [0.15, 0.2) is 30.3 Å². The highest BCUT2D eigenvalue weighted by molar-refractivity contribution is 5.82. The van der Waals surface area contributed by atoms with E-state index in [1.807, 2.05) is 49.2 Å². The van der Waals surface area contributed by atoms with Crippen molar-refractivity contribution in [2.45, 2.75) is 13.5 Å². The normalized spacial score (nSPS) is 12.2. The summed E-state index contributed by atoms with van der Waals surface area (Å²) in [7, 11) is 3.52. The van der Waals surface area contributed by atoms with Gasteiger partial charge in [-0.1, -0.05) is 25.1 Å². The van der Waals surface area contributed by atoms with Gasteiger partial charge in [0.05, 0.1) is 18.0 Å². The topological polar surface area (TPSA) is 65.5 Å². The van der Waals surface area contributed by atoms with Gasteiger partial charge in [-0.15, -0.1) is 0 Å². The van der Waals surface area contributed by atoms with Crippen LogP contribution < -0.4 is 10.2 Å². The van der Waals surface area contributed by atoms with Gasteiger partial charge < -0.3 is 15.3 Å². The molecule has 5 nitrogen and oxygen atoms in total. The molecule has 0 saturated heterocycles. The molecular weight excluding hydrogens is 266 g/mol. The van der Waals surface area contributed by atoms with Crippen LogP contribution in [-0.2, 0) is 11.4 Å². The molecule has 0 aliphatic carbocycles. The first-order valence-electron chi connectivity index (χ1n) is 6.99. The lowest BCUT2D eigenvalue weighted by Crippen LogP contribution is -2.35. The van der Waals surface area contributed by atoms with Crippen molar-refractivity contribution in [2.75, 3.05) is 25.5 Å². The highest BCUT2D eigenvalue weighted by atomic mass is 16.3. The SMILES string of the molecule is CNC(=O)C(C)CN(C)c1nc2ccccc2cc1CO. The molecule has 0 saturated carbocycles. The summed E-state index contributed by atoms with van der Waals surface area (Å²) in [5, 5.41) is 13.2. The number of aromatic nitrogens is 1. The fourth-order valence-corrected chi connectivity index (χ4v) is 2.42. The van der Waals surface area contributed by atoms with Crippen LogP contribution in [0.5, 0.6) is 0 Å². The van der Waals surface area contributed by atoms with Crippen molar-refractivity contribution in [1.82, 2.24) is 10.3 Å². The van der Waals surface area contributed by atoms with E-state index in [0.717, 1.165) is 16.5 Å². The lowest BCUT2D eigenvalue weighted by molar-refractivity contribution is -0.123. The van der Waals surface area contributed by atoms with E-state index in [2.05, 4.69) is 10.3 Å². The number of hydrogen-bond donors (Lipinski definition) is 2. The van der Waals surface area contributed by atoms with E-state index in [1.165, 1.54) is 0 Å². The van der Waals surface area contributed by atoms with Gasteiger partial charge in [0.2, 0.25) is 5.91 Å². The van der Waals surface area contributed by atoms with Crippen LogP contribution in [0.25, 0.3) is 10.9 Å². The van der Waals surface area contributed by atoms with E-state index in [0.29, 0.717) is 12.4 Å². The van der Waals surface area contributed by atoms with E-state index in [9.17, 15) is 9.90 Å². The molecule has 2 N–H and O–H groups in total. The first kappa shape index (κ1) is 15.3. The molecule has 1 unspecified atom stereocenters. The Morgan fingerprint density at radius 2 is 2.14 bits per heavy atom. The number of benzene rings is 1. The fourth-order valence-electron chi connectivity index (χ4n) is 2.42. The van der Waals surface area contributed by atoms with Crippen molar-refractivity contribution >= 4 is 22.6 Å². The van der Waals surface area contributed by atoms with Gasteiger partial charge in [-0.05, 0) is 12.1 Å². The first-order chi connectivity index (χ1) is 10.1. The lowest BCUT2D eigenvalue weighted by Gasteiger charge is -2.24. The maximum atomic E-state index is 11.6. The highest BCUT2D eigenvalue weighted by Gasteiger charge is 2.17. The summed E-state index contributed by atoms with van der Waals surface area (Å²) >= 11 is 0. The maximum Gasteiger partial charge on any atom is 0.224 e. The number of hydrogen-bond acceptors (Lipinski definition) is 4. The number of rotatable bonds is 5. The van der Waals surface area contributed by atoms with Crippen molar-refractivity contribution in [3.63, 3.8) is 0 Å². The van der Waals surface area contributed by atoms with Gasteiger partial charge in [0.1, 0.15) is 5.82 Å². The average Bonchev–Trinajstić information content (AvgIpc) is 2.52. The average molecular weight is 287 g/mol. The van der Waals surface area contributed by atoms with Crippen LogP contribution in [0.2, 0.25) is 0 Å². The predicted molar refractivity (Wildman–Crippen MR) is 84.2 cm³/mol. The van der Waals surface area contributed by atoms with Crippen molar-refractivity contribution in [2.24, 2.45) is 5.92 Å². The standard InChI is InChI=1S/C16H21N3O2/c1-11(16(21)17-2)9-19(3)15-13(10-20)8-12-6-4-5-7-14(12)18-15/h4-8,11,20H,9-10H2,1-3H3,(H,17,21). The Labute approximate surface area is 124 Å². The van der Waals surface area contributed by atoms with Gasteiger partial charge in [-0.3, -0.25) is 4.79 Å². The highest BCUT2D eigenvalue weighted by Crippen LogP contribution is 2.23. The minimum atomic E-state index is -0.153. The van der Waals surface area contributed by atoms with E-state index in [4.69, 9.17) is 0 Å². The molecule has 112 valence electrons. The molecule has 0 aliphatic rings. The second kappa shape index (κ2) is 6.54. The molecular formula is C16H21N3O2. The molecule has 0 bridgehead atoms. The first-order valence-corrected chi connectivity index (χ1v) is 6.99. The third-order valence-corrected chi connectivity index (χ3v) is 3.55. The zero-order chi connectivity index (χ0) is 15.4. The summed E-state index contributed by atoms with van der Waals surface area (Å²) < 4.78 is 0. The largest absolute Gasteiger partial charge is 0.392 e. The fraction of sp³-hybridized carbons (Fsp3) is 0.375. The van der Waals surface area contributed by atoms with Crippen LogP contribution in [0, 0.1) is 5.92 Å². The molecule has 1 amide bonds. The van der Waals surface area contributed by atoms with Crippen molar-refractivity contribution in [3.05, 3.63) is 35.9 Å². The quantitative estimate of drug-likeness (QED) is 0.875. The third-order valence-electron chi connectivity index (χ3n) is 3.55. The Balaban J connectivity index is 2.33. The van der Waals surface area contributed by atoms with E-state index in [1.54, 1.807) is 7.05 Å². The Morgan fingerprint density at radius 3 is 2.81 bits per heavy atom. The summed E-state index contributed by atoms with van der Waals surface area (Å²) in [6, 6.07) is 9.74. The number of amides is 1. The zero-order valence-corrected chi connectivity index (χ0v) is 12.6. The van der Waals surface area contributed by atoms with Crippen LogP contribution in [0.1, 0.15) is 12.5 Å². The van der Waals surface area contributed by atoms with Gasteiger partial charge in [0, 0.05) is 31.6 Å². The Morgan fingerprint density at radius 1 is 1.43 bits per heavy atom. The monoisotopic (exact) mass is 287 g/mol. The van der Waals surface area contributed by atoms with Crippen molar-refractivity contribution in [3.8, 4) is 0 Å².